The summed E-state index contributed by atoms with van der Waals surface area (Å²) >= 11 is 0. The molecule has 5 heteroatoms. The highest BCUT2D eigenvalue weighted by Crippen LogP contribution is 2.29. The Labute approximate surface area is 118 Å². The van der Waals surface area contributed by atoms with Crippen LogP contribution < -0.4 is 10.0 Å². The van der Waals surface area contributed by atoms with E-state index in [0.29, 0.717) is 18.5 Å². The van der Waals surface area contributed by atoms with E-state index in [1.807, 2.05) is 0 Å². The van der Waals surface area contributed by atoms with Gasteiger partial charge in [0.1, 0.15) is 0 Å². The Morgan fingerprint density at radius 1 is 1.21 bits per heavy atom. The molecule has 0 aliphatic heterocycles. The molecule has 2 atom stereocenters. The molecule has 0 aromatic heterocycles. The summed E-state index contributed by atoms with van der Waals surface area (Å²) in [5, 5.41) is 3.30. The SMILES string of the molecule is CC1CCC(CNS(=O)(=O)CCCCNC(C)C)C1. The molecule has 19 heavy (non-hydrogen) atoms. The molecule has 1 rings (SSSR count). The summed E-state index contributed by atoms with van der Waals surface area (Å²) in [6.45, 7) is 7.97. The van der Waals surface area contributed by atoms with E-state index < -0.39 is 10.0 Å². The van der Waals surface area contributed by atoms with Gasteiger partial charge in [-0.15, -0.1) is 0 Å². The van der Waals surface area contributed by atoms with E-state index >= 15 is 0 Å². The molecular formula is C14H30N2O2S. The number of hydrogen-bond donors (Lipinski definition) is 2. The first-order valence-electron chi connectivity index (χ1n) is 7.60. The van der Waals surface area contributed by atoms with Gasteiger partial charge in [-0.05, 0) is 44.1 Å². The molecule has 0 amide bonds. The van der Waals surface area contributed by atoms with Crippen LogP contribution in [0.1, 0.15) is 52.9 Å². The second kappa shape index (κ2) is 8.22. The molecule has 1 aliphatic carbocycles. The van der Waals surface area contributed by atoms with E-state index in [2.05, 4.69) is 30.8 Å². The molecule has 1 aliphatic rings. The van der Waals surface area contributed by atoms with Crippen LogP contribution in [0.3, 0.4) is 0 Å². The van der Waals surface area contributed by atoms with E-state index in [1.54, 1.807) is 0 Å². The van der Waals surface area contributed by atoms with Crippen LogP contribution in [0.15, 0.2) is 0 Å². The molecule has 1 saturated carbocycles. The average molecular weight is 290 g/mol. The predicted molar refractivity (Wildman–Crippen MR) is 80.7 cm³/mol. The second-order valence-corrected chi connectivity index (χ2v) is 8.19. The molecule has 4 nitrogen and oxygen atoms in total. The molecule has 2 N–H and O–H groups in total. The van der Waals surface area contributed by atoms with Crippen molar-refractivity contribution < 1.29 is 8.42 Å². The zero-order valence-corrected chi connectivity index (χ0v) is 13.4. The molecular weight excluding hydrogens is 260 g/mol. The minimum atomic E-state index is -3.07. The largest absolute Gasteiger partial charge is 0.315 e. The van der Waals surface area contributed by atoms with Crippen molar-refractivity contribution in [2.45, 2.75) is 58.9 Å². The summed E-state index contributed by atoms with van der Waals surface area (Å²) in [6, 6.07) is 0.471. The van der Waals surface area contributed by atoms with Crippen LogP contribution in [0.5, 0.6) is 0 Å². The Bertz CT molecular complexity index is 341. The summed E-state index contributed by atoms with van der Waals surface area (Å²) in [4.78, 5) is 0. The quantitative estimate of drug-likeness (QED) is 0.640. The number of unbranched alkanes of at least 4 members (excludes halogenated alkanes) is 1. The van der Waals surface area contributed by atoms with E-state index in [0.717, 1.165) is 25.3 Å². The van der Waals surface area contributed by atoms with Gasteiger partial charge in [-0.25, -0.2) is 13.1 Å². The standard InChI is InChI=1S/C14H30N2O2S/c1-12(2)15-8-4-5-9-19(17,18)16-11-14-7-6-13(3)10-14/h12-16H,4-11H2,1-3H3. The fourth-order valence-electron chi connectivity index (χ4n) is 2.64. The molecule has 2 unspecified atom stereocenters. The molecule has 114 valence electrons. The lowest BCUT2D eigenvalue weighted by atomic mass is 10.1. The van der Waals surface area contributed by atoms with Crippen molar-refractivity contribution in [3.63, 3.8) is 0 Å². The fourth-order valence-corrected chi connectivity index (χ4v) is 3.85. The Kier molecular flexibility index (Phi) is 7.32. The lowest BCUT2D eigenvalue weighted by Gasteiger charge is -2.12. The van der Waals surface area contributed by atoms with Gasteiger partial charge in [0.25, 0.3) is 0 Å². The third-order valence-corrected chi connectivity index (χ3v) is 5.22. The minimum absolute atomic E-state index is 0.259. The lowest BCUT2D eigenvalue weighted by molar-refractivity contribution is 0.497. The van der Waals surface area contributed by atoms with Crippen molar-refractivity contribution in [3.8, 4) is 0 Å². The van der Waals surface area contributed by atoms with Crippen molar-refractivity contribution in [3.05, 3.63) is 0 Å². The highest BCUT2D eigenvalue weighted by atomic mass is 32.2. The Morgan fingerprint density at radius 3 is 2.53 bits per heavy atom. The molecule has 0 aromatic carbocycles. The number of rotatable bonds is 9. The fraction of sp³-hybridized carbons (Fsp3) is 1.00. The van der Waals surface area contributed by atoms with E-state index in [9.17, 15) is 8.42 Å². The first-order valence-corrected chi connectivity index (χ1v) is 9.25. The lowest BCUT2D eigenvalue weighted by Crippen LogP contribution is -2.31. The normalized spacial score (nSPS) is 24.2. The molecule has 0 radical (unpaired) electrons. The van der Waals surface area contributed by atoms with Gasteiger partial charge in [-0.2, -0.15) is 0 Å². The number of sulfonamides is 1. The van der Waals surface area contributed by atoms with Crippen molar-refractivity contribution in [2.75, 3.05) is 18.8 Å². The maximum absolute atomic E-state index is 11.8. The zero-order chi connectivity index (χ0) is 14.3. The second-order valence-electron chi connectivity index (χ2n) is 6.27. The average Bonchev–Trinajstić information content (AvgIpc) is 2.72. The van der Waals surface area contributed by atoms with Crippen LogP contribution in [0, 0.1) is 11.8 Å². The van der Waals surface area contributed by atoms with Crippen LogP contribution in [-0.2, 0) is 10.0 Å². The van der Waals surface area contributed by atoms with Crippen molar-refractivity contribution in [2.24, 2.45) is 11.8 Å². The van der Waals surface area contributed by atoms with Crippen molar-refractivity contribution in [1.29, 1.82) is 0 Å². The maximum atomic E-state index is 11.8. The molecule has 0 spiro atoms. The van der Waals surface area contributed by atoms with Gasteiger partial charge in [0.05, 0.1) is 5.75 Å². The van der Waals surface area contributed by atoms with E-state index in [-0.39, 0.29) is 5.75 Å². The summed E-state index contributed by atoms with van der Waals surface area (Å²) in [5.74, 6) is 1.57. The zero-order valence-electron chi connectivity index (χ0n) is 12.6. The van der Waals surface area contributed by atoms with E-state index in [1.165, 1.54) is 19.3 Å². The molecule has 0 saturated heterocycles. The molecule has 0 aromatic rings. The third-order valence-electron chi connectivity index (χ3n) is 3.79. The van der Waals surface area contributed by atoms with Gasteiger partial charge in [-0.3, -0.25) is 0 Å². The first kappa shape index (κ1) is 16.9. The minimum Gasteiger partial charge on any atom is -0.315 e. The maximum Gasteiger partial charge on any atom is 0.211 e. The van der Waals surface area contributed by atoms with Gasteiger partial charge in [-0.1, -0.05) is 27.2 Å². The Balaban J connectivity index is 2.10. The number of hydrogen-bond acceptors (Lipinski definition) is 3. The van der Waals surface area contributed by atoms with Gasteiger partial charge in [0.2, 0.25) is 10.0 Å². The van der Waals surface area contributed by atoms with Crippen molar-refractivity contribution in [1.82, 2.24) is 10.0 Å². The Morgan fingerprint density at radius 2 is 1.95 bits per heavy atom. The molecule has 0 bridgehead atoms. The highest BCUT2D eigenvalue weighted by molar-refractivity contribution is 7.89. The van der Waals surface area contributed by atoms with Crippen LogP contribution in [0.25, 0.3) is 0 Å². The molecule has 1 fully saturated rings. The van der Waals surface area contributed by atoms with Crippen molar-refractivity contribution >= 4 is 10.0 Å². The smallest absolute Gasteiger partial charge is 0.211 e. The monoisotopic (exact) mass is 290 g/mol. The predicted octanol–water partition coefficient (Wildman–Crippen LogP) is 2.12. The van der Waals surface area contributed by atoms with Gasteiger partial charge < -0.3 is 5.32 Å². The Hall–Kier alpha value is -0.130. The summed E-state index contributed by atoms with van der Waals surface area (Å²) in [6.07, 6.45) is 5.23. The van der Waals surface area contributed by atoms with Crippen LogP contribution in [-0.4, -0.2) is 33.3 Å². The third kappa shape index (κ3) is 7.90. The molecule has 0 heterocycles. The first-order chi connectivity index (χ1) is 8.89. The van der Waals surface area contributed by atoms with E-state index in [4.69, 9.17) is 0 Å². The van der Waals surface area contributed by atoms with Gasteiger partial charge >= 0.3 is 0 Å². The van der Waals surface area contributed by atoms with Crippen LogP contribution in [0.4, 0.5) is 0 Å². The van der Waals surface area contributed by atoms with Gasteiger partial charge in [0.15, 0.2) is 0 Å². The van der Waals surface area contributed by atoms with Crippen LogP contribution in [0.2, 0.25) is 0 Å². The summed E-state index contributed by atoms with van der Waals surface area (Å²) in [5.41, 5.74) is 0. The topological polar surface area (TPSA) is 58.2 Å². The highest BCUT2D eigenvalue weighted by Gasteiger charge is 2.22. The number of nitrogens with one attached hydrogen (secondary N) is 2. The van der Waals surface area contributed by atoms with Crippen LogP contribution >= 0.6 is 0 Å². The summed E-state index contributed by atoms with van der Waals surface area (Å²) in [7, 11) is -3.07. The van der Waals surface area contributed by atoms with Gasteiger partial charge in [0, 0.05) is 12.6 Å². The summed E-state index contributed by atoms with van der Waals surface area (Å²) < 4.78 is 26.4.